The lowest BCUT2D eigenvalue weighted by atomic mass is 10.3. The summed E-state index contributed by atoms with van der Waals surface area (Å²) in [6, 6.07) is 0. The van der Waals surface area contributed by atoms with E-state index in [0.29, 0.717) is 5.57 Å². The van der Waals surface area contributed by atoms with Crippen molar-refractivity contribution in [2.75, 3.05) is 7.11 Å². The Kier molecular flexibility index (Phi) is 3.72. The Morgan fingerprint density at radius 3 is 2.64 bits per heavy atom. The average molecular weight is 158 g/mol. The number of ether oxygens (including phenoxy) is 1. The number of hydrogen-bond donors (Lipinski definition) is 2. The van der Waals surface area contributed by atoms with Gasteiger partial charge in [-0.3, -0.25) is 0 Å². The molecule has 11 heavy (non-hydrogen) atoms. The van der Waals surface area contributed by atoms with Crippen molar-refractivity contribution in [2.45, 2.75) is 6.92 Å². The number of nitrogens with two attached hydrogens (primary N) is 1. The zero-order valence-corrected chi connectivity index (χ0v) is 6.37. The van der Waals surface area contributed by atoms with Gasteiger partial charge in [-0.05, 0) is 6.92 Å². The average Bonchev–Trinajstić information content (AvgIpc) is 2.02. The Morgan fingerprint density at radius 1 is 1.73 bits per heavy atom. The molecule has 0 saturated carbocycles. The molecule has 0 aliphatic rings. The molecule has 0 saturated heterocycles. The van der Waals surface area contributed by atoms with Crippen molar-refractivity contribution in [3.8, 4) is 0 Å². The van der Waals surface area contributed by atoms with E-state index in [0.717, 1.165) is 6.26 Å². The number of nitrogens with zero attached hydrogens (tertiary/aromatic N) is 1. The molecule has 0 radical (unpaired) electrons. The lowest BCUT2D eigenvalue weighted by molar-refractivity contribution is 0.182. The standard InChI is InChI=1S/C6H10N2O3/c1-4(3-9)5(7)8-6(10)11-2/h3,9H,1-2H3,(H2,7,8,10)/b4-3+. The first kappa shape index (κ1) is 9.48. The summed E-state index contributed by atoms with van der Waals surface area (Å²) in [5.41, 5.74) is 5.54. The number of rotatable bonds is 1. The summed E-state index contributed by atoms with van der Waals surface area (Å²) < 4.78 is 4.20. The first-order valence-electron chi connectivity index (χ1n) is 2.85. The van der Waals surface area contributed by atoms with Crippen LogP contribution in [0.1, 0.15) is 6.92 Å². The molecule has 62 valence electrons. The van der Waals surface area contributed by atoms with Crippen molar-refractivity contribution in [2.24, 2.45) is 10.7 Å². The van der Waals surface area contributed by atoms with Crippen molar-refractivity contribution < 1.29 is 14.6 Å². The van der Waals surface area contributed by atoms with Crippen LogP contribution in [0.25, 0.3) is 0 Å². The molecule has 5 nitrogen and oxygen atoms in total. The fourth-order valence-electron chi connectivity index (χ4n) is 0.298. The molecule has 0 aliphatic heterocycles. The van der Waals surface area contributed by atoms with Gasteiger partial charge in [0.25, 0.3) is 0 Å². The minimum atomic E-state index is -0.788. The maximum Gasteiger partial charge on any atom is 0.435 e. The molecule has 0 spiro atoms. The summed E-state index contributed by atoms with van der Waals surface area (Å²) in [6.45, 7) is 1.52. The molecule has 0 aromatic carbocycles. The molecular weight excluding hydrogens is 148 g/mol. The summed E-state index contributed by atoms with van der Waals surface area (Å²) in [6.07, 6.45) is -0.0226. The van der Waals surface area contributed by atoms with E-state index in [1.807, 2.05) is 0 Å². The Bertz CT molecular complexity index is 208. The maximum absolute atomic E-state index is 10.4. The third-order valence-electron chi connectivity index (χ3n) is 0.984. The number of carbonyl (C=O) groups is 1. The molecule has 0 fully saturated rings. The zero-order chi connectivity index (χ0) is 8.85. The minimum absolute atomic E-state index is 0.0562. The second-order valence-electron chi connectivity index (χ2n) is 1.78. The quantitative estimate of drug-likeness (QED) is 0.332. The lowest BCUT2D eigenvalue weighted by Crippen LogP contribution is -2.15. The number of aliphatic hydroxyl groups is 1. The van der Waals surface area contributed by atoms with Crippen LogP contribution >= 0.6 is 0 Å². The number of amidine groups is 1. The number of aliphatic imine (C=N–C) groups is 1. The van der Waals surface area contributed by atoms with E-state index >= 15 is 0 Å². The zero-order valence-electron chi connectivity index (χ0n) is 6.37. The Balaban J connectivity index is 4.34. The second-order valence-corrected chi connectivity index (χ2v) is 1.78. The predicted molar refractivity (Wildman–Crippen MR) is 40.4 cm³/mol. The highest BCUT2D eigenvalue weighted by Gasteiger charge is 1.99. The van der Waals surface area contributed by atoms with Gasteiger partial charge in [0.1, 0.15) is 5.84 Å². The molecule has 0 aromatic heterocycles. The Morgan fingerprint density at radius 2 is 2.27 bits per heavy atom. The third-order valence-corrected chi connectivity index (χ3v) is 0.984. The minimum Gasteiger partial charge on any atom is -0.515 e. The largest absolute Gasteiger partial charge is 0.515 e. The van der Waals surface area contributed by atoms with Crippen LogP contribution in [-0.4, -0.2) is 24.1 Å². The van der Waals surface area contributed by atoms with Gasteiger partial charge < -0.3 is 15.6 Å². The van der Waals surface area contributed by atoms with E-state index in [1.165, 1.54) is 14.0 Å². The molecular formula is C6H10N2O3. The number of hydrogen-bond acceptors (Lipinski definition) is 3. The van der Waals surface area contributed by atoms with E-state index < -0.39 is 6.09 Å². The van der Waals surface area contributed by atoms with Crippen molar-refractivity contribution in [3.05, 3.63) is 11.8 Å². The van der Waals surface area contributed by atoms with Gasteiger partial charge in [0, 0.05) is 5.57 Å². The summed E-state index contributed by atoms with van der Waals surface area (Å²) in [7, 11) is 1.19. The number of carbonyl (C=O) groups excluding carboxylic acids is 1. The van der Waals surface area contributed by atoms with Crippen LogP contribution in [0.5, 0.6) is 0 Å². The van der Waals surface area contributed by atoms with Gasteiger partial charge in [0.15, 0.2) is 0 Å². The topological polar surface area (TPSA) is 84.9 Å². The maximum atomic E-state index is 10.4. The molecule has 0 atom stereocenters. The summed E-state index contributed by atoms with van der Waals surface area (Å²) in [5.74, 6) is -0.0562. The van der Waals surface area contributed by atoms with Crippen molar-refractivity contribution in [3.63, 3.8) is 0 Å². The summed E-state index contributed by atoms with van der Waals surface area (Å²) >= 11 is 0. The van der Waals surface area contributed by atoms with Gasteiger partial charge >= 0.3 is 6.09 Å². The van der Waals surface area contributed by atoms with E-state index in [9.17, 15) is 4.79 Å². The Hall–Kier alpha value is -1.52. The highest BCUT2D eigenvalue weighted by molar-refractivity contribution is 6.01. The molecule has 0 bridgehead atoms. The molecule has 1 amide bonds. The van der Waals surface area contributed by atoms with Crippen molar-refractivity contribution in [1.82, 2.24) is 0 Å². The Labute approximate surface area is 64.2 Å². The SMILES string of the molecule is COC(=O)/N=C(N)/C(C)=C/O. The van der Waals surface area contributed by atoms with Crippen LogP contribution in [0.2, 0.25) is 0 Å². The van der Waals surface area contributed by atoms with Gasteiger partial charge in [-0.15, -0.1) is 0 Å². The monoisotopic (exact) mass is 158 g/mol. The molecule has 0 aromatic rings. The van der Waals surface area contributed by atoms with Gasteiger partial charge in [0.05, 0.1) is 13.4 Å². The highest BCUT2D eigenvalue weighted by atomic mass is 16.5. The molecule has 0 rings (SSSR count). The summed E-state index contributed by atoms with van der Waals surface area (Å²) in [5, 5.41) is 8.42. The number of aliphatic hydroxyl groups excluding tert-OH is 1. The number of methoxy groups -OCH3 is 1. The van der Waals surface area contributed by atoms with Crippen LogP contribution in [0.15, 0.2) is 16.8 Å². The van der Waals surface area contributed by atoms with E-state index in [2.05, 4.69) is 9.73 Å². The van der Waals surface area contributed by atoms with Gasteiger partial charge in [-0.25, -0.2) is 4.79 Å². The first-order valence-corrected chi connectivity index (χ1v) is 2.85. The van der Waals surface area contributed by atoms with E-state index in [4.69, 9.17) is 10.8 Å². The van der Waals surface area contributed by atoms with Gasteiger partial charge in [-0.2, -0.15) is 4.99 Å². The molecule has 3 N–H and O–H groups in total. The second kappa shape index (κ2) is 4.32. The predicted octanol–water partition coefficient (Wildman–Crippen LogP) is 0.572. The highest BCUT2D eigenvalue weighted by Crippen LogP contribution is 1.91. The van der Waals surface area contributed by atoms with Gasteiger partial charge in [0.2, 0.25) is 0 Å². The molecule has 0 heterocycles. The fraction of sp³-hybridized carbons (Fsp3) is 0.333. The van der Waals surface area contributed by atoms with Crippen LogP contribution < -0.4 is 5.73 Å². The first-order chi connectivity index (χ1) is 5.11. The number of amides is 1. The smallest absolute Gasteiger partial charge is 0.435 e. The fourth-order valence-corrected chi connectivity index (χ4v) is 0.298. The van der Waals surface area contributed by atoms with Crippen LogP contribution in [0, 0.1) is 0 Å². The third kappa shape index (κ3) is 3.24. The normalized spacial score (nSPS) is 12.9. The molecule has 0 aliphatic carbocycles. The summed E-state index contributed by atoms with van der Waals surface area (Å²) in [4.78, 5) is 13.7. The van der Waals surface area contributed by atoms with E-state index in [-0.39, 0.29) is 5.84 Å². The van der Waals surface area contributed by atoms with Crippen molar-refractivity contribution in [1.29, 1.82) is 0 Å². The molecule has 5 heteroatoms. The van der Waals surface area contributed by atoms with E-state index in [1.54, 1.807) is 0 Å². The van der Waals surface area contributed by atoms with Gasteiger partial charge in [-0.1, -0.05) is 0 Å². The van der Waals surface area contributed by atoms with Crippen molar-refractivity contribution >= 4 is 11.9 Å². The van der Waals surface area contributed by atoms with Crippen LogP contribution in [-0.2, 0) is 4.74 Å². The van der Waals surface area contributed by atoms with Crippen LogP contribution in [0.3, 0.4) is 0 Å². The van der Waals surface area contributed by atoms with Crippen LogP contribution in [0.4, 0.5) is 4.79 Å². The lowest BCUT2D eigenvalue weighted by Gasteiger charge is -1.96. The molecule has 0 unspecified atom stereocenters.